The Balaban J connectivity index is 1.91. The van der Waals surface area contributed by atoms with Crippen LogP contribution in [0.1, 0.15) is 36.0 Å². The fourth-order valence-electron chi connectivity index (χ4n) is 2.64. The molecule has 1 heterocycles. The molecule has 0 unspecified atom stereocenters. The molecule has 3 rings (SSSR count). The van der Waals surface area contributed by atoms with Gasteiger partial charge in [-0.1, -0.05) is 25.0 Å². The van der Waals surface area contributed by atoms with Crippen molar-refractivity contribution in [3.63, 3.8) is 0 Å². The van der Waals surface area contributed by atoms with Gasteiger partial charge in [-0.25, -0.2) is 0 Å². The molecule has 0 bridgehead atoms. The van der Waals surface area contributed by atoms with Crippen molar-refractivity contribution in [2.45, 2.75) is 31.7 Å². The van der Waals surface area contributed by atoms with E-state index in [-0.39, 0.29) is 5.91 Å². The quantitative estimate of drug-likeness (QED) is 0.877. The molecular weight excluding hydrogens is 224 g/mol. The van der Waals surface area contributed by atoms with Gasteiger partial charge in [0, 0.05) is 29.4 Å². The van der Waals surface area contributed by atoms with Gasteiger partial charge in [0.2, 0.25) is 0 Å². The Labute approximate surface area is 106 Å². The number of aromatic nitrogens is 1. The molecule has 1 aromatic carbocycles. The second kappa shape index (κ2) is 4.77. The number of benzene rings is 1. The van der Waals surface area contributed by atoms with Crippen molar-refractivity contribution in [3.8, 4) is 0 Å². The van der Waals surface area contributed by atoms with Crippen molar-refractivity contribution in [2.75, 3.05) is 0 Å². The summed E-state index contributed by atoms with van der Waals surface area (Å²) < 4.78 is 0. The smallest absolute Gasteiger partial charge is 0.252 e. The Morgan fingerprint density at radius 3 is 2.89 bits per heavy atom. The number of hydrogen-bond donors (Lipinski definition) is 1. The second-order valence-electron chi connectivity index (χ2n) is 4.86. The molecular formula is C15H16N2O. The summed E-state index contributed by atoms with van der Waals surface area (Å²) in [6, 6.07) is 8.08. The van der Waals surface area contributed by atoms with Gasteiger partial charge in [0.05, 0.1) is 0 Å². The average molecular weight is 240 g/mol. The number of carbonyl (C=O) groups is 1. The van der Waals surface area contributed by atoms with E-state index in [1.807, 2.05) is 24.3 Å². The first-order valence-corrected chi connectivity index (χ1v) is 6.48. The van der Waals surface area contributed by atoms with Crippen LogP contribution in [-0.2, 0) is 0 Å². The predicted octanol–water partition coefficient (Wildman–Crippen LogP) is 2.91. The van der Waals surface area contributed by atoms with E-state index in [4.69, 9.17) is 0 Å². The lowest BCUT2D eigenvalue weighted by molar-refractivity contribution is 0.0939. The van der Waals surface area contributed by atoms with Gasteiger partial charge in [0.15, 0.2) is 0 Å². The molecule has 0 saturated heterocycles. The number of rotatable bonds is 2. The molecule has 0 atom stereocenters. The minimum atomic E-state index is 0.0282. The Hall–Kier alpha value is -1.90. The van der Waals surface area contributed by atoms with Gasteiger partial charge >= 0.3 is 0 Å². The highest BCUT2D eigenvalue weighted by molar-refractivity contribution is 6.06. The molecule has 1 amide bonds. The molecule has 3 heteroatoms. The summed E-state index contributed by atoms with van der Waals surface area (Å²) in [6.45, 7) is 0. The summed E-state index contributed by atoms with van der Waals surface area (Å²) in [6.07, 6.45) is 8.17. The normalized spacial score (nSPS) is 16.0. The zero-order valence-corrected chi connectivity index (χ0v) is 10.2. The molecule has 0 aliphatic heterocycles. The van der Waals surface area contributed by atoms with Gasteiger partial charge in [-0.15, -0.1) is 0 Å². The van der Waals surface area contributed by atoms with E-state index >= 15 is 0 Å². The largest absolute Gasteiger partial charge is 0.349 e. The van der Waals surface area contributed by atoms with E-state index in [1.54, 1.807) is 12.4 Å². The van der Waals surface area contributed by atoms with E-state index < -0.39 is 0 Å². The van der Waals surface area contributed by atoms with Gasteiger partial charge in [0.1, 0.15) is 0 Å². The number of carbonyl (C=O) groups excluding carboxylic acids is 1. The number of fused-ring (bicyclic) bond motifs is 1. The molecule has 3 nitrogen and oxygen atoms in total. The molecule has 0 spiro atoms. The van der Waals surface area contributed by atoms with Crippen LogP contribution in [0.15, 0.2) is 36.7 Å². The van der Waals surface area contributed by atoms with Crippen molar-refractivity contribution in [1.29, 1.82) is 0 Å². The Bertz CT molecular complexity index is 568. The zero-order valence-electron chi connectivity index (χ0n) is 10.2. The Morgan fingerprint density at radius 1 is 1.22 bits per heavy atom. The molecule has 0 radical (unpaired) electrons. The summed E-state index contributed by atoms with van der Waals surface area (Å²) >= 11 is 0. The Kier molecular flexibility index (Phi) is 2.97. The monoisotopic (exact) mass is 240 g/mol. The zero-order chi connectivity index (χ0) is 12.4. The van der Waals surface area contributed by atoms with Crippen LogP contribution in [-0.4, -0.2) is 16.9 Å². The third-order valence-corrected chi connectivity index (χ3v) is 3.62. The number of hydrogen-bond acceptors (Lipinski definition) is 2. The summed E-state index contributed by atoms with van der Waals surface area (Å²) in [5.74, 6) is 0.0282. The minimum Gasteiger partial charge on any atom is -0.349 e. The van der Waals surface area contributed by atoms with E-state index in [0.717, 1.165) is 29.2 Å². The van der Waals surface area contributed by atoms with Crippen LogP contribution in [0.5, 0.6) is 0 Å². The summed E-state index contributed by atoms with van der Waals surface area (Å²) in [4.78, 5) is 16.4. The van der Waals surface area contributed by atoms with Crippen molar-refractivity contribution >= 4 is 16.7 Å². The van der Waals surface area contributed by atoms with Crippen LogP contribution >= 0.6 is 0 Å². The van der Waals surface area contributed by atoms with E-state index in [0.29, 0.717) is 6.04 Å². The van der Waals surface area contributed by atoms with Gasteiger partial charge in [0.25, 0.3) is 5.91 Å². The van der Waals surface area contributed by atoms with Gasteiger partial charge in [-0.2, -0.15) is 0 Å². The van der Waals surface area contributed by atoms with E-state index in [1.165, 1.54) is 12.8 Å². The lowest BCUT2D eigenvalue weighted by Crippen LogP contribution is -2.32. The van der Waals surface area contributed by atoms with Gasteiger partial charge in [-0.05, 0) is 30.4 Å². The molecule has 92 valence electrons. The van der Waals surface area contributed by atoms with E-state index in [2.05, 4.69) is 10.3 Å². The van der Waals surface area contributed by atoms with E-state index in [9.17, 15) is 4.79 Å². The standard InChI is InChI=1S/C15H16N2O/c18-15(17-12-5-1-2-6-12)13-7-3-4-11-8-9-16-10-14(11)13/h3-4,7-10,12H,1-2,5-6H2,(H,17,18). The maximum absolute atomic E-state index is 12.3. The number of nitrogens with one attached hydrogen (secondary N) is 1. The maximum atomic E-state index is 12.3. The summed E-state index contributed by atoms with van der Waals surface area (Å²) in [7, 11) is 0. The lowest BCUT2D eigenvalue weighted by Gasteiger charge is -2.13. The van der Waals surface area contributed by atoms with Crippen LogP contribution in [0, 0.1) is 0 Å². The second-order valence-corrected chi connectivity index (χ2v) is 4.86. The minimum absolute atomic E-state index is 0.0282. The Morgan fingerprint density at radius 2 is 2.06 bits per heavy atom. The molecule has 1 aliphatic rings. The number of nitrogens with zero attached hydrogens (tertiary/aromatic N) is 1. The molecule has 1 aliphatic carbocycles. The predicted molar refractivity (Wildman–Crippen MR) is 71.5 cm³/mol. The van der Waals surface area contributed by atoms with Crippen LogP contribution in [0.4, 0.5) is 0 Å². The maximum Gasteiger partial charge on any atom is 0.252 e. The van der Waals surface area contributed by atoms with Crippen LogP contribution in [0.3, 0.4) is 0 Å². The first-order chi connectivity index (χ1) is 8.84. The molecule has 18 heavy (non-hydrogen) atoms. The summed E-state index contributed by atoms with van der Waals surface area (Å²) in [5.41, 5.74) is 0.729. The summed E-state index contributed by atoms with van der Waals surface area (Å²) in [5, 5.41) is 5.11. The van der Waals surface area contributed by atoms with Crippen molar-refractivity contribution in [2.24, 2.45) is 0 Å². The fraction of sp³-hybridized carbons (Fsp3) is 0.333. The molecule has 1 saturated carbocycles. The average Bonchev–Trinajstić information content (AvgIpc) is 2.91. The molecule has 1 fully saturated rings. The topological polar surface area (TPSA) is 42.0 Å². The highest BCUT2D eigenvalue weighted by Crippen LogP contribution is 2.20. The van der Waals surface area contributed by atoms with Crippen LogP contribution in [0.25, 0.3) is 10.8 Å². The SMILES string of the molecule is O=C(NC1CCCC1)c1cccc2ccncc12. The highest BCUT2D eigenvalue weighted by atomic mass is 16.1. The van der Waals surface area contributed by atoms with Crippen molar-refractivity contribution in [1.82, 2.24) is 10.3 Å². The van der Waals surface area contributed by atoms with Gasteiger partial charge < -0.3 is 5.32 Å². The van der Waals surface area contributed by atoms with Crippen LogP contribution in [0.2, 0.25) is 0 Å². The van der Waals surface area contributed by atoms with Crippen molar-refractivity contribution < 1.29 is 4.79 Å². The highest BCUT2D eigenvalue weighted by Gasteiger charge is 2.18. The first kappa shape index (κ1) is 11.2. The number of pyridine rings is 1. The first-order valence-electron chi connectivity index (χ1n) is 6.48. The number of amides is 1. The molecule has 2 aromatic rings. The molecule has 1 aromatic heterocycles. The van der Waals surface area contributed by atoms with Crippen LogP contribution < -0.4 is 5.32 Å². The van der Waals surface area contributed by atoms with Crippen molar-refractivity contribution in [3.05, 3.63) is 42.2 Å². The molecule has 1 N–H and O–H groups in total. The van der Waals surface area contributed by atoms with Gasteiger partial charge in [-0.3, -0.25) is 9.78 Å². The lowest BCUT2D eigenvalue weighted by atomic mass is 10.1. The third kappa shape index (κ3) is 2.08. The fourth-order valence-corrected chi connectivity index (χ4v) is 2.64. The third-order valence-electron chi connectivity index (χ3n) is 3.62.